The molecule has 1 unspecified atom stereocenters. The summed E-state index contributed by atoms with van der Waals surface area (Å²) in [5.74, 6) is 2.30. The van der Waals surface area contributed by atoms with Gasteiger partial charge in [0.2, 0.25) is 11.0 Å². The van der Waals surface area contributed by atoms with Crippen LogP contribution in [-0.4, -0.2) is 22.9 Å². The van der Waals surface area contributed by atoms with E-state index in [-0.39, 0.29) is 5.91 Å². The first-order valence-electron chi connectivity index (χ1n) is 9.41. The number of aliphatic imine (C=N–C) groups is 1. The van der Waals surface area contributed by atoms with Crippen molar-refractivity contribution in [1.29, 1.82) is 0 Å². The number of nitrogens with two attached hydrogens (primary N) is 1. The predicted molar refractivity (Wildman–Crippen MR) is 108 cm³/mol. The average Bonchev–Trinajstić information content (AvgIpc) is 3.29. The highest BCUT2D eigenvalue weighted by Gasteiger charge is 2.20. The molecule has 7 nitrogen and oxygen atoms in total. The number of amides is 1. The summed E-state index contributed by atoms with van der Waals surface area (Å²) in [4.78, 5) is 19.9. The number of aromatic nitrogens is 1. The molecule has 0 spiro atoms. The first-order chi connectivity index (χ1) is 13.0. The first kappa shape index (κ1) is 19.4. The number of carbonyl (C=O) groups excluding carboxylic acids is 1. The maximum absolute atomic E-state index is 11.0. The van der Waals surface area contributed by atoms with E-state index in [0.29, 0.717) is 46.8 Å². The van der Waals surface area contributed by atoms with E-state index < -0.39 is 0 Å². The lowest BCUT2D eigenvalue weighted by molar-refractivity contribution is -0.119. The molecule has 1 aliphatic rings. The molecule has 146 valence electrons. The van der Waals surface area contributed by atoms with Gasteiger partial charge in [-0.3, -0.25) is 4.79 Å². The van der Waals surface area contributed by atoms with Crippen molar-refractivity contribution in [1.82, 2.24) is 15.6 Å². The van der Waals surface area contributed by atoms with Gasteiger partial charge in [0.25, 0.3) is 0 Å². The smallest absolute Gasteiger partial charge is 0.217 e. The summed E-state index contributed by atoms with van der Waals surface area (Å²) in [6.07, 6.45) is 6.45. The van der Waals surface area contributed by atoms with Gasteiger partial charge in [-0.25, -0.2) is 4.98 Å². The Kier molecular flexibility index (Phi) is 6.49. The summed E-state index contributed by atoms with van der Waals surface area (Å²) in [6.45, 7) is 4.01. The van der Waals surface area contributed by atoms with Crippen LogP contribution in [0.3, 0.4) is 0 Å². The minimum Gasteiger partial charge on any atom is -0.458 e. The van der Waals surface area contributed by atoms with E-state index in [4.69, 9.17) is 10.2 Å². The van der Waals surface area contributed by atoms with Gasteiger partial charge in [-0.15, -0.1) is 11.3 Å². The van der Waals surface area contributed by atoms with Crippen LogP contribution in [0.25, 0.3) is 11.5 Å². The minimum atomic E-state index is -0.0938. The molecule has 2 aromatic heterocycles. The molecule has 1 aliphatic carbocycles. The van der Waals surface area contributed by atoms with E-state index in [1.54, 1.807) is 0 Å². The van der Waals surface area contributed by atoms with Crippen LogP contribution in [0, 0.1) is 5.92 Å². The molecule has 0 aliphatic heterocycles. The molecule has 2 heterocycles. The monoisotopic (exact) mass is 389 g/mol. The van der Waals surface area contributed by atoms with Crippen LogP contribution in [0.4, 0.5) is 5.13 Å². The van der Waals surface area contributed by atoms with Crippen molar-refractivity contribution in [2.45, 2.75) is 58.5 Å². The quantitative estimate of drug-likeness (QED) is 0.517. The van der Waals surface area contributed by atoms with E-state index in [9.17, 15) is 4.79 Å². The fourth-order valence-electron chi connectivity index (χ4n) is 3.37. The third-order valence-corrected chi connectivity index (χ3v) is 5.60. The maximum Gasteiger partial charge on any atom is 0.217 e. The molecule has 27 heavy (non-hydrogen) atoms. The molecule has 0 bridgehead atoms. The van der Waals surface area contributed by atoms with Gasteiger partial charge in [0, 0.05) is 18.3 Å². The highest BCUT2D eigenvalue weighted by Crippen LogP contribution is 2.29. The van der Waals surface area contributed by atoms with Crippen LogP contribution in [0.1, 0.15) is 51.7 Å². The van der Waals surface area contributed by atoms with Crippen LogP contribution in [-0.2, 0) is 11.3 Å². The second-order valence-corrected chi connectivity index (χ2v) is 7.86. The van der Waals surface area contributed by atoms with E-state index in [0.717, 1.165) is 0 Å². The van der Waals surface area contributed by atoms with Crippen LogP contribution in [0.15, 0.2) is 26.9 Å². The summed E-state index contributed by atoms with van der Waals surface area (Å²) < 4.78 is 5.72. The Morgan fingerprint density at radius 3 is 2.93 bits per heavy atom. The van der Waals surface area contributed by atoms with Gasteiger partial charge in [0.05, 0.1) is 6.54 Å². The fraction of sp³-hybridized carbons (Fsp3) is 0.526. The third-order valence-electron chi connectivity index (χ3n) is 4.87. The van der Waals surface area contributed by atoms with E-state index in [1.807, 2.05) is 17.5 Å². The highest BCUT2D eigenvalue weighted by molar-refractivity contribution is 7.13. The summed E-state index contributed by atoms with van der Waals surface area (Å²) >= 11 is 1.41. The number of hydrogen-bond donors (Lipinski definition) is 3. The van der Waals surface area contributed by atoms with Gasteiger partial charge >= 0.3 is 0 Å². The zero-order chi connectivity index (χ0) is 19.2. The second-order valence-electron chi connectivity index (χ2n) is 7.02. The molecule has 0 aromatic carbocycles. The normalized spacial score (nSPS) is 16.9. The molecule has 1 fully saturated rings. The lowest BCUT2D eigenvalue weighted by Gasteiger charge is -2.28. The Labute approximate surface area is 163 Å². The SMILES string of the molecule is CC(=O)NCc1ccc(-c2csc(N=C(N)NC(C)C3CCCCC3)n2)o1. The molecule has 2 aromatic rings. The number of hydrogen-bond acceptors (Lipinski definition) is 5. The van der Waals surface area contributed by atoms with Gasteiger partial charge in [0.1, 0.15) is 11.5 Å². The minimum absolute atomic E-state index is 0.0938. The van der Waals surface area contributed by atoms with Crippen molar-refractivity contribution in [2.24, 2.45) is 16.6 Å². The second kappa shape index (κ2) is 9.03. The molecule has 0 saturated heterocycles. The number of guanidine groups is 1. The maximum atomic E-state index is 11.0. The number of nitrogens with zero attached hydrogens (tertiary/aromatic N) is 2. The fourth-order valence-corrected chi connectivity index (χ4v) is 4.06. The Morgan fingerprint density at radius 1 is 1.41 bits per heavy atom. The Hall–Kier alpha value is -2.35. The Bertz CT molecular complexity index is 792. The average molecular weight is 390 g/mol. The standard InChI is InChI=1S/C19H27N5O2S/c1-12(14-6-4-3-5-7-14)22-18(20)24-19-23-16(11-27-19)17-9-8-15(26-17)10-21-13(2)25/h8-9,11-12,14H,3-7,10H2,1-2H3,(H,21,25)(H3,20,22,23,24). The van der Waals surface area contributed by atoms with E-state index >= 15 is 0 Å². The highest BCUT2D eigenvalue weighted by atomic mass is 32.1. The largest absolute Gasteiger partial charge is 0.458 e. The number of rotatable bonds is 6. The van der Waals surface area contributed by atoms with Crippen molar-refractivity contribution in [3.8, 4) is 11.5 Å². The van der Waals surface area contributed by atoms with Gasteiger partial charge in [-0.1, -0.05) is 19.3 Å². The summed E-state index contributed by atoms with van der Waals surface area (Å²) in [7, 11) is 0. The van der Waals surface area contributed by atoms with Crippen molar-refractivity contribution in [3.05, 3.63) is 23.3 Å². The Balaban J connectivity index is 1.59. The lowest BCUT2D eigenvalue weighted by atomic mass is 9.85. The molecule has 4 N–H and O–H groups in total. The van der Waals surface area contributed by atoms with Crippen molar-refractivity contribution >= 4 is 28.3 Å². The number of thiazole rings is 1. The molecule has 8 heteroatoms. The van der Waals surface area contributed by atoms with Crippen molar-refractivity contribution < 1.29 is 9.21 Å². The molecule has 0 radical (unpaired) electrons. The molecule has 1 amide bonds. The molecule has 1 saturated carbocycles. The van der Waals surface area contributed by atoms with Crippen LogP contribution in [0.2, 0.25) is 0 Å². The summed E-state index contributed by atoms with van der Waals surface area (Å²) in [6, 6.07) is 3.98. The van der Waals surface area contributed by atoms with Crippen LogP contribution < -0.4 is 16.4 Å². The molecular weight excluding hydrogens is 362 g/mol. The van der Waals surface area contributed by atoms with Crippen molar-refractivity contribution in [2.75, 3.05) is 0 Å². The van der Waals surface area contributed by atoms with Crippen LogP contribution in [0.5, 0.6) is 0 Å². The topological polar surface area (TPSA) is 106 Å². The predicted octanol–water partition coefficient (Wildman–Crippen LogP) is 3.54. The van der Waals surface area contributed by atoms with E-state index in [2.05, 4.69) is 27.5 Å². The van der Waals surface area contributed by atoms with Gasteiger partial charge in [0.15, 0.2) is 11.7 Å². The zero-order valence-electron chi connectivity index (χ0n) is 15.8. The number of carbonyl (C=O) groups is 1. The molecule has 1 atom stereocenters. The van der Waals surface area contributed by atoms with Gasteiger partial charge in [-0.05, 0) is 37.8 Å². The third kappa shape index (κ3) is 5.56. The van der Waals surface area contributed by atoms with E-state index in [1.165, 1.54) is 50.4 Å². The summed E-state index contributed by atoms with van der Waals surface area (Å²) in [5, 5.41) is 8.49. The number of furan rings is 1. The summed E-state index contributed by atoms with van der Waals surface area (Å²) in [5.41, 5.74) is 6.78. The molecule has 3 rings (SSSR count). The lowest BCUT2D eigenvalue weighted by Crippen LogP contribution is -2.42. The Morgan fingerprint density at radius 2 is 2.19 bits per heavy atom. The van der Waals surface area contributed by atoms with Crippen LogP contribution >= 0.6 is 11.3 Å². The zero-order valence-corrected chi connectivity index (χ0v) is 16.6. The first-order valence-corrected chi connectivity index (χ1v) is 10.3. The van der Waals surface area contributed by atoms with Crippen molar-refractivity contribution in [3.63, 3.8) is 0 Å². The molecular formula is C19H27N5O2S. The van der Waals surface area contributed by atoms with Gasteiger partial charge in [-0.2, -0.15) is 4.99 Å². The van der Waals surface area contributed by atoms with Gasteiger partial charge < -0.3 is 20.8 Å². The number of nitrogens with one attached hydrogen (secondary N) is 2.